The maximum absolute atomic E-state index is 13.1. The van der Waals surface area contributed by atoms with E-state index in [1.54, 1.807) is 26.8 Å². The number of amides is 1. The fraction of sp³-hybridized carbons (Fsp3) is 0.615. The average molecular weight is 637 g/mol. The fourth-order valence-electron chi connectivity index (χ4n) is 5.12. The van der Waals surface area contributed by atoms with Crippen molar-refractivity contribution in [3.05, 3.63) is 32.9 Å². The summed E-state index contributed by atoms with van der Waals surface area (Å²) < 4.78 is 52.0. The molecule has 2 aliphatic rings. The van der Waals surface area contributed by atoms with Crippen molar-refractivity contribution in [3.63, 3.8) is 0 Å². The van der Waals surface area contributed by atoms with E-state index in [4.69, 9.17) is 28.2 Å². The molecule has 2 aliphatic carbocycles. The van der Waals surface area contributed by atoms with E-state index in [0.29, 0.717) is 35.6 Å². The summed E-state index contributed by atoms with van der Waals surface area (Å²) in [6, 6.07) is 2.83. The zero-order chi connectivity index (χ0) is 28.8. The van der Waals surface area contributed by atoms with Crippen molar-refractivity contribution < 1.29 is 21.6 Å². The lowest BCUT2D eigenvalue weighted by Gasteiger charge is -2.34. The fourth-order valence-corrected chi connectivity index (χ4v) is 9.65. The number of carbonyl (C=O) groups excluding carboxylic acids is 1. The lowest BCUT2D eigenvalue weighted by molar-refractivity contribution is 0.0917. The first-order chi connectivity index (χ1) is 18.0. The largest absolute Gasteiger partial charge is 0.347 e. The van der Waals surface area contributed by atoms with Crippen LogP contribution in [0.15, 0.2) is 17.0 Å². The lowest BCUT2D eigenvalue weighted by atomic mass is 9.85. The van der Waals surface area contributed by atoms with Crippen molar-refractivity contribution in [2.45, 2.75) is 93.9 Å². The molecule has 0 unspecified atom stereocenters. The van der Waals surface area contributed by atoms with Crippen molar-refractivity contribution in [3.8, 4) is 10.4 Å². The minimum atomic E-state index is -3.92. The Kier molecular flexibility index (Phi) is 9.11. The average Bonchev–Trinajstić information content (AvgIpc) is 3.19. The molecule has 216 valence electrons. The number of aromatic nitrogens is 1. The Morgan fingerprint density at radius 1 is 1.05 bits per heavy atom. The van der Waals surface area contributed by atoms with Gasteiger partial charge in [-0.2, -0.15) is 0 Å². The summed E-state index contributed by atoms with van der Waals surface area (Å²) in [4.78, 5) is 18.4. The van der Waals surface area contributed by atoms with Crippen LogP contribution in [-0.4, -0.2) is 50.8 Å². The highest BCUT2D eigenvalue weighted by Gasteiger charge is 2.37. The van der Waals surface area contributed by atoms with Crippen molar-refractivity contribution in [2.75, 3.05) is 6.26 Å². The molecule has 0 radical (unpaired) electrons. The van der Waals surface area contributed by atoms with Crippen molar-refractivity contribution in [1.29, 1.82) is 0 Å². The molecule has 4 rings (SSSR count). The maximum Gasteiger partial charge on any atom is 0.280 e. The highest BCUT2D eigenvalue weighted by molar-refractivity contribution is 7.91. The third kappa shape index (κ3) is 7.35. The van der Waals surface area contributed by atoms with Crippen molar-refractivity contribution in [2.24, 2.45) is 5.92 Å². The molecule has 1 aromatic heterocycles. The van der Waals surface area contributed by atoms with Crippen LogP contribution in [0.1, 0.15) is 81.2 Å². The number of benzene rings is 1. The lowest BCUT2D eigenvalue weighted by Crippen LogP contribution is -2.49. The van der Waals surface area contributed by atoms with E-state index in [9.17, 15) is 21.6 Å². The quantitative estimate of drug-likeness (QED) is 0.388. The standard InChI is InChI=1S/C26H35Cl2N3O5S3/c1-26(2,3)31-39(35,36)20-11-10-18(21(27)22(20)28)23-19(12-15-8-6-5-7-9-15)30-25(37-23)24(32)29-16-13-17(14-16)38(4,33)34/h10-11,15-17,31H,5-9,12-14H2,1-4H3,(H,29,32)/t16-,17-. The smallest absolute Gasteiger partial charge is 0.280 e. The summed E-state index contributed by atoms with van der Waals surface area (Å²) in [6.07, 6.45) is 8.35. The van der Waals surface area contributed by atoms with Gasteiger partial charge in [-0.1, -0.05) is 61.4 Å². The van der Waals surface area contributed by atoms with Crippen LogP contribution in [0, 0.1) is 5.92 Å². The van der Waals surface area contributed by atoms with E-state index in [0.717, 1.165) is 31.4 Å². The Hall–Kier alpha value is -1.24. The molecule has 8 nitrogen and oxygen atoms in total. The molecule has 0 spiro atoms. The second-order valence-corrected chi connectivity index (χ2v) is 17.4. The van der Waals surface area contributed by atoms with Gasteiger partial charge in [-0.05, 0) is 52.0 Å². The van der Waals surface area contributed by atoms with Crippen LogP contribution in [0.25, 0.3) is 10.4 Å². The van der Waals surface area contributed by atoms with E-state index >= 15 is 0 Å². The predicted octanol–water partition coefficient (Wildman–Crippen LogP) is 5.62. The second kappa shape index (κ2) is 11.6. The Morgan fingerprint density at radius 2 is 1.69 bits per heavy atom. The number of sulfonamides is 1. The Morgan fingerprint density at radius 3 is 2.28 bits per heavy atom. The first-order valence-corrected chi connectivity index (χ1v) is 18.1. The highest BCUT2D eigenvalue weighted by atomic mass is 35.5. The Balaban J connectivity index is 1.65. The molecular formula is C26H35Cl2N3O5S3. The van der Waals surface area contributed by atoms with E-state index < -0.39 is 30.6 Å². The van der Waals surface area contributed by atoms with E-state index in [1.807, 2.05) is 0 Å². The third-order valence-electron chi connectivity index (χ3n) is 7.16. The van der Waals surface area contributed by atoms with Gasteiger partial charge in [0.05, 0.1) is 25.9 Å². The van der Waals surface area contributed by atoms with E-state index in [2.05, 4.69) is 10.0 Å². The van der Waals surface area contributed by atoms with Gasteiger partial charge in [-0.15, -0.1) is 11.3 Å². The number of nitrogens with zero attached hydrogens (tertiary/aromatic N) is 1. The van der Waals surface area contributed by atoms with Gasteiger partial charge in [-0.25, -0.2) is 26.5 Å². The number of halogens is 2. The molecule has 2 N–H and O–H groups in total. The zero-order valence-corrected chi connectivity index (χ0v) is 26.5. The Bertz CT molecular complexity index is 1450. The summed E-state index contributed by atoms with van der Waals surface area (Å²) >= 11 is 14.4. The van der Waals surface area contributed by atoms with Crippen LogP contribution >= 0.6 is 34.5 Å². The van der Waals surface area contributed by atoms with Gasteiger partial charge < -0.3 is 5.32 Å². The molecule has 13 heteroatoms. The van der Waals surface area contributed by atoms with Gasteiger partial charge in [0, 0.05) is 23.4 Å². The summed E-state index contributed by atoms with van der Waals surface area (Å²) in [5, 5.41) is 2.73. The summed E-state index contributed by atoms with van der Waals surface area (Å²) in [5.41, 5.74) is 0.558. The van der Waals surface area contributed by atoms with Crippen LogP contribution in [0.3, 0.4) is 0 Å². The molecule has 0 bridgehead atoms. The second-order valence-electron chi connectivity index (χ2n) is 11.7. The molecule has 1 aromatic carbocycles. The molecular weight excluding hydrogens is 601 g/mol. The van der Waals surface area contributed by atoms with Gasteiger partial charge in [0.1, 0.15) is 14.7 Å². The van der Waals surface area contributed by atoms with Crippen molar-refractivity contribution in [1.82, 2.24) is 15.0 Å². The molecule has 0 aliphatic heterocycles. The number of sulfone groups is 1. The number of nitrogens with one attached hydrogen (secondary N) is 2. The molecule has 0 saturated heterocycles. The molecule has 1 heterocycles. The maximum atomic E-state index is 13.1. The molecule has 2 fully saturated rings. The predicted molar refractivity (Wildman–Crippen MR) is 157 cm³/mol. The topological polar surface area (TPSA) is 122 Å². The van der Waals surface area contributed by atoms with Gasteiger partial charge in [-0.3, -0.25) is 4.79 Å². The Labute approximate surface area is 245 Å². The summed E-state index contributed by atoms with van der Waals surface area (Å²) in [7, 11) is -7.05. The first-order valence-electron chi connectivity index (χ1n) is 13.1. The molecule has 1 amide bonds. The van der Waals surface area contributed by atoms with E-state index in [1.165, 1.54) is 30.1 Å². The van der Waals surface area contributed by atoms with Gasteiger partial charge in [0.15, 0.2) is 5.01 Å². The number of hydrogen-bond donors (Lipinski definition) is 2. The third-order valence-corrected chi connectivity index (χ3v) is 12.7. The zero-order valence-electron chi connectivity index (χ0n) is 22.5. The van der Waals surface area contributed by atoms with Crippen LogP contribution in [0.2, 0.25) is 10.0 Å². The van der Waals surface area contributed by atoms with Gasteiger partial charge >= 0.3 is 0 Å². The number of hydrogen-bond acceptors (Lipinski definition) is 7. The summed E-state index contributed by atoms with van der Waals surface area (Å²) in [5.74, 6) is 0.0754. The minimum absolute atomic E-state index is 0.0870. The monoisotopic (exact) mass is 635 g/mol. The van der Waals surface area contributed by atoms with Gasteiger partial charge in [0.2, 0.25) is 10.0 Å². The molecule has 2 saturated carbocycles. The minimum Gasteiger partial charge on any atom is -0.347 e. The van der Waals surface area contributed by atoms with Crippen LogP contribution in [-0.2, 0) is 26.3 Å². The summed E-state index contributed by atoms with van der Waals surface area (Å²) in [6.45, 7) is 5.21. The SMILES string of the molecule is CC(C)(C)NS(=O)(=O)c1ccc(-c2sc(C(=O)N[C@H]3C[C@H](S(C)(=O)=O)C3)nc2CC2CCCCC2)c(Cl)c1Cl. The number of rotatable bonds is 8. The van der Waals surface area contributed by atoms with Gasteiger partial charge in [0.25, 0.3) is 5.91 Å². The van der Waals surface area contributed by atoms with E-state index in [-0.39, 0.29) is 31.9 Å². The van der Waals surface area contributed by atoms with Crippen LogP contribution < -0.4 is 10.0 Å². The highest BCUT2D eigenvalue weighted by Crippen LogP contribution is 2.43. The van der Waals surface area contributed by atoms with Crippen LogP contribution in [0.5, 0.6) is 0 Å². The van der Waals surface area contributed by atoms with Crippen molar-refractivity contribution >= 4 is 60.3 Å². The molecule has 0 atom stereocenters. The number of thiazole rings is 1. The number of carbonyl (C=O) groups is 1. The molecule has 2 aromatic rings. The first kappa shape index (κ1) is 30.7. The normalized spacial score (nSPS) is 21.0. The van der Waals surface area contributed by atoms with Crippen LogP contribution in [0.4, 0.5) is 0 Å². The molecule has 39 heavy (non-hydrogen) atoms.